The van der Waals surface area contributed by atoms with Gasteiger partial charge in [-0.05, 0) is 31.2 Å². The van der Waals surface area contributed by atoms with Crippen molar-refractivity contribution in [2.24, 2.45) is 0 Å². The zero-order valence-corrected chi connectivity index (χ0v) is 9.84. The van der Waals surface area contributed by atoms with Crippen LogP contribution in [0.4, 0.5) is 17.2 Å². The number of nitrogen functional groups attached to an aromatic ring is 1. The minimum absolute atomic E-state index is 0.686. The van der Waals surface area contributed by atoms with Crippen molar-refractivity contribution in [1.29, 1.82) is 0 Å². The summed E-state index contributed by atoms with van der Waals surface area (Å²) in [5.41, 5.74) is 9.70. The molecular weight excluding hydrogens is 228 g/mol. The number of hydrogen-bond donors (Lipinski definition) is 2. The third-order valence-corrected chi connectivity index (χ3v) is 2.73. The van der Waals surface area contributed by atoms with Crippen LogP contribution in [-0.4, -0.2) is 9.97 Å². The van der Waals surface area contributed by atoms with Gasteiger partial charge in [0.25, 0.3) is 0 Å². The number of hydrogen-bond acceptors (Lipinski definition) is 5. The topological polar surface area (TPSA) is 77.0 Å². The molecule has 5 heteroatoms. The van der Waals surface area contributed by atoms with Gasteiger partial charge < -0.3 is 15.5 Å². The summed E-state index contributed by atoms with van der Waals surface area (Å²) in [6.07, 6.45) is 1.43. The Kier molecular flexibility index (Phi) is 2.37. The first-order chi connectivity index (χ1) is 8.72. The predicted molar refractivity (Wildman–Crippen MR) is 70.7 cm³/mol. The molecule has 0 aliphatic heterocycles. The normalized spacial score (nSPS) is 10.7. The molecule has 0 radical (unpaired) electrons. The first-order valence-corrected chi connectivity index (χ1v) is 5.56. The Bertz CT molecular complexity index is 705. The Morgan fingerprint density at radius 1 is 1.22 bits per heavy atom. The van der Waals surface area contributed by atoms with Crippen molar-refractivity contribution in [3.63, 3.8) is 0 Å². The largest absolute Gasteiger partial charge is 0.443 e. The molecule has 0 saturated carbocycles. The van der Waals surface area contributed by atoms with Crippen LogP contribution in [0.2, 0.25) is 0 Å². The van der Waals surface area contributed by atoms with Gasteiger partial charge in [0.05, 0.1) is 11.4 Å². The smallest absolute Gasteiger partial charge is 0.181 e. The Hall–Kier alpha value is -2.56. The van der Waals surface area contributed by atoms with Gasteiger partial charge in [0, 0.05) is 11.8 Å². The predicted octanol–water partition coefficient (Wildman–Crippen LogP) is 2.86. The van der Waals surface area contributed by atoms with Gasteiger partial charge in [-0.15, -0.1) is 0 Å². The number of oxazole rings is 1. The molecule has 0 unspecified atom stereocenters. The Morgan fingerprint density at radius 3 is 2.94 bits per heavy atom. The number of nitrogens with zero attached hydrogens (tertiary/aromatic N) is 2. The van der Waals surface area contributed by atoms with E-state index in [2.05, 4.69) is 15.3 Å². The third kappa shape index (κ3) is 1.86. The van der Waals surface area contributed by atoms with Crippen LogP contribution in [0.3, 0.4) is 0 Å². The minimum Gasteiger partial charge on any atom is -0.443 e. The second kappa shape index (κ2) is 4.03. The van der Waals surface area contributed by atoms with E-state index in [0.29, 0.717) is 5.69 Å². The lowest BCUT2D eigenvalue weighted by atomic mass is 10.2. The van der Waals surface area contributed by atoms with E-state index in [1.54, 1.807) is 0 Å². The van der Waals surface area contributed by atoms with Crippen molar-refractivity contribution in [2.75, 3.05) is 11.1 Å². The van der Waals surface area contributed by atoms with E-state index in [1.807, 2.05) is 37.3 Å². The van der Waals surface area contributed by atoms with Gasteiger partial charge in [-0.25, -0.2) is 9.97 Å². The van der Waals surface area contributed by atoms with Crippen LogP contribution in [0, 0.1) is 6.92 Å². The summed E-state index contributed by atoms with van der Waals surface area (Å²) in [7, 11) is 0. The highest BCUT2D eigenvalue weighted by molar-refractivity contribution is 5.78. The molecule has 0 amide bonds. The molecule has 90 valence electrons. The molecule has 18 heavy (non-hydrogen) atoms. The van der Waals surface area contributed by atoms with Crippen LogP contribution < -0.4 is 11.1 Å². The monoisotopic (exact) mass is 240 g/mol. The summed E-state index contributed by atoms with van der Waals surface area (Å²) in [6, 6.07) is 9.38. The molecule has 3 N–H and O–H groups in total. The van der Waals surface area contributed by atoms with E-state index >= 15 is 0 Å². The van der Waals surface area contributed by atoms with Crippen molar-refractivity contribution in [2.45, 2.75) is 6.92 Å². The second-order valence-corrected chi connectivity index (χ2v) is 4.03. The van der Waals surface area contributed by atoms with Crippen LogP contribution in [0.25, 0.3) is 11.1 Å². The molecule has 5 nitrogen and oxygen atoms in total. The zero-order valence-electron chi connectivity index (χ0n) is 9.84. The molecule has 0 bridgehead atoms. The Labute approximate surface area is 104 Å². The van der Waals surface area contributed by atoms with Crippen molar-refractivity contribution in [1.82, 2.24) is 9.97 Å². The third-order valence-electron chi connectivity index (χ3n) is 2.73. The van der Waals surface area contributed by atoms with E-state index in [1.165, 1.54) is 6.39 Å². The molecule has 2 aromatic heterocycles. The Morgan fingerprint density at radius 2 is 2.11 bits per heavy atom. The molecule has 2 heterocycles. The van der Waals surface area contributed by atoms with Crippen LogP contribution in [0.1, 0.15) is 5.69 Å². The molecule has 0 spiro atoms. The van der Waals surface area contributed by atoms with Crippen molar-refractivity contribution < 1.29 is 4.42 Å². The molecular formula is C13H12N4O. The fraction of sp³-hybridized carbons (Fsp3) is 0.0769. The van der Waals surface area contributed by atoms with Gasteiger partial charge in [-0.2, -0.15) is 0 Å². The highest BCUT2D eigenvalue weighted by atomic mass is 16.3. The Balaban J connectivity index is 1.92. The number of nitrogens with two attached hydrogens (primary N) is 1. The van der Waals surface area contributed by atoms with E-state index in [4.69, 9.17) is 10.2 Å². The maximum absolute atomic E-state index is 5.73. The molecule has 0 aliphatic carbocycles. The molecule has 3 aromatic rings. The van der Waals surface area contributed by atoms with Crippen LogP contribution in [0.15, 0.2) is 41.1 Å². The molecule has 3 rings (SSSR count). The fourth-order valence-electron chi connectivity index (χ4n) is 1.72. The van der Waals surface area contributed by atoms with Gasteiger partial charge >= 0.3 is 0 Å². The number of nitrogens with one attached hydrogen (secondary N) is 1. The number of aromatic nitrogens is 2. The highest BCUT2D eigenvalue weighted by Crippen LogP contribution is 2.21. The lowest BCUT2D eigenvalue weighted by Crippen LogP contribution is -1.98. The fourth-order valence-corrected chi connectivity index (χ4v) is 1.72. The number of rotatable bonds is 2. The standard InChI is InChI=1S/C13H12N4O/c1-8-10(14)3-5-13(16-8)17-9-2-4-11-12(6-9)18-7-15-11/h2-7H,14H2,1H3,(H,16,17). The molecule has 0 fully saturated rings. The van der Waals surface area contributed by atoms with Crippen molar-refractivity contribution >= 4 is 28.3 Å². The number of aryl methyl sites for hydroxylation is 1. The molecule has 1 aromatic carbocycles. The zero-order chi connectivity index (χ0) is 12.5. The van der Waals surface area contributed by atoms with Gasteiger partial charge in [0.2, 0.25) is 0 Å². The van der Waals surface area contributed by atoms with E-state index in [-0.39, 0.29) is 0 Å². The van der Waals surface area contributed by atoms with Gasteiger partial charge in [0.15, 0.2) is 12.0 Å². The number of fused-ring (bicyclic) bond motifs is 1. The maximum Gasteiger partial charge on any atom is 0.181 e. The maximum atomic E-state index is 5.73. The van der Waals surface area contributed by atoms with Crippen molar-refractivity contribution in [3.05, 3.63) is 42.4 Å². The second-order valence-electron chi connectivity index (χ2n) is 4.03. The SMILES string of the molecule is Cc1nc(Nc2ccc3ncoc3c2)ccc1N. The molecule has 0 aliphatic rings. The quantitative estimate of drug-likeness (QED) is 0.720. The highest BCUT2D eigenvalue weighted by Gasteiger charge is 2.02. The summed E-state index contributed by atoms with van der Waals surface area (Å²) < 4.78 is 5.25. The van der Waals surface area contributed by atoms with Crippen LogP contribution >= 0.6 is 0 Å². The van der Waals surface area contributed by atoms with Gasteiger partial charge in [-0.3, -0.25) is 0 Å². The average Bonchev–Trinajstić information content (AvgIpc) is 2.81. The summed E-state index contributed by atoms with van der Waals surface area (Å²) >= 11 is 0. The number of pyridine rings is 1. The van der Waals surface area contributed by atoms with Gasteiger partial charge in [0.1, 0.15) is 11.3 Å². The first-order valence-electron chi connectivity index (χ1n) is 5.56. The lowest BCUT2D eigenvalue weighted by Gasteiger charge is -2.07. The minimum atomic E-state index is 0.686. The summed E-state index contributed by atoms with van der Waals surface area (Å²) in [4.78, 5) is 8.42. The van der Waals surface area contributed by atoms with Crippen molar-refractivity contribution in [3.8, 4) is 0 Å². The van der Waals surface area contributed by atoms with Crippen LogP contribution in [0.5, 0.6) is 0 Å². The molecule has 0 atom stereocenters. The number of anilines is 3. The number of benzene rings is 1. The summed E-state index contributed by atoms with van der Waals surface area (Å²) in [5.74, 6) is 0.751. The summed E-state index contributed by atoms with van der Waals surface area (Å²) in [6.45, 7) is 1.88. The van der Waals surface area contributed by atoms with E-state index < -0.39 is 0 Å². The van der Waals surface area contributed by atoms with E-state index in [9.17, 15) is 0 Å². The molecule has 0 saturated heterocycles. The first kappa shape index (κ1) is 10.6. The van der Waals surface area contributed by atoms with E-state index in [0.717, 1.165) is 28.3 Å². The van der Waals surface area contributed by atoms with Gasteiger partial charge in [-0.1, -0.05) is 0 Å². The average molecular weight is 240 g/mol. The lowest BCUT2D eigenvalue weighted by molar-refractivity contribution is 0.602. The summed E-state index contributed by atoms with van der Waals surface area (Å²) in [5, 5.41) is 3.20. The van der Waals surface area contributed by atoms with Crippen LogP contribution in [-0.2, 0) is 0 Å².